The Morgan fingerprint density at radius 1 is 1.56 bits per heavy atom. The summed E-state index contributed by atoms with van der Waals surface area (Å²) in [4.78, 5) is 3.96. The lowest BCUT2D eigenvalue weighted by molar-refractivity contribution is -0.138. The van der Waals surface area contributed by atoms with Crippen LogP contribution in [0, 0.1) is 0 Å². The first-order chi connectivity index (χ1) is 7.55. The number of hydrogen-bond donors (Lipinski definition) is 1. The van der Waals surface area contributed by atoms with Crippen LogP contribution in [-0.2, 0) is 15.9 Å². The second-order valence-corrected chi connectivity index (χ2v) is 4.58. The van der Waals surface area contributed by atoms with Gasteiger partial charge in [0.25, 0.3) is 0 Å². The molecule has 1 fully saturated rings. The molecule has 0 bridgehead atoms. The van der Waals surface area contributed by atoms with E-state index in [1.54, 1.807) is 6.20 Å². The molecule has 0 unspecified atom stereocenters. The van der Waals surface area contributed by atoms with Crippen LogP contribution in [0.25, 0.3) is 0 Å². The molecular weight excluding hydrogens is 204 g/mol. The monoisotopic (exact) mass is 222 g/mol. The predicted molar refractivity (Wildman–Crippen MR) is 61.9 cm³/mol. The molecule has 1 atom stereocenters. The van der Waals surface area contributed by atoms with Gasteiger partial charge in [-0.1, -0.05) is 0 Å². The van der Waals surface area contributed by atoms with Gasteiger partial charge >= 0.3 is 0 Å². The zero-order chi connectivity index (χ0) is 11.6. The second-order valence-electron chi connectivity index (χ2n) is 4.58. The molecule has 0 radical (unpaired) electrons. The van der Waals surface area contributed by atoms with Gasteiger partial charge < -0.3 is 15.2 Å². The highest BCUT2D eigenvalue weighted by Crippen LogP contribution is 2.25. The second kappa shape index (κ2) is 4.39. The number of rotatable bonds is 3. The Hall–Kier alpha value is -1.13. The van der Waals surface area contributed by atoms with Gasteiger partial charge in [0, 0.05) is 6.20 Å². The largest absolute Gasteiger partial charge is 0.384 e. The van der Waals surface area contributed by atoms with Gasteiger partial charge in [0.2, 0.25) is 0 Å². The summed E-state index contributed by atoms with van der Waals surface area (Å²) in [6, 6.07) is 3.89. The average molecular weight is 222 g/mol. The molecule has 1 aromatic rings. The summed E-state index contributed by atoms with van der Waals surface area (Å²) in [5.74, 6) is 0.142. The van der Waals surface area contributed by atoms with E-state index in [4.69, 9.17) is 15.2 Å². The molecule has 1 saturated heterocycles. The van der Waals surface area contributed by atoms with Gasteiger partial charge in [-0.15, -0.1) is 0 Å². The minimum absolute atomic E-state index is 0.185. The molecule has 0 amide bonds. The Kier molecular flexibility index (Phi) is 3.12. The molecule has 0 aliphatic carbocycles. The molecule has 4 nitrogen and oxygen atoms in total. The number of aryl methyl sites for hydroxylation is 1. The van der Waals surface area contributed by atoms with Crippen LogP contribution in [0.5, 0.6) is 0 Å². The third-order valence-electron chi connectivity index (χ3n) is 2.67. The average Bonchev–Trinajstić information content (AvgIpc) is 2.56. The van der Waals surface area contributed by atoms with Crippen LogP contribution < -0.4 is 5.73 Å². The molecule has 0 spiro atoms. The smallest absolute Gasteiger partial charge is 0.163 e. The van der Waals surface area contributed by atoms with Crippen molar-refractivity contribution in [2.45, 2.75) is 38.6 Å². The van der Waals surface area contributed by atoms with Crippen LogP contribution in [0.15, 0.2) is 18.3 Å². The number of anilines is 1. The fourth-order valence-electron chi connectivity index (χ4n) is 1.88. The van der Waals surface area contributed by atoms with Gasteiger partial charge in [-0.2, -0.15) is 0 Å². The van der Waals surface area contributed by atoms with Crippen molar-refractivity contribution in [3.63, 3.8) is 0 Å². The fourth-order valence-corrected chi connectivity index (χ4v) is 1.88. The molecule has 0 saturated carbocycles. The minimum atomic E-state index is -0.429. The summed E-state index contributed by atoms with van der Waals surface area (Å²) < 4.78 is 11.2. The van der Waals surface area contributed by atoms with Crippen molar-refractivity contribution >= 4 is 5.82 Å². The number of nitrogen functional groups attached to an aromatic ring is 1. The van der Waals surface area contributed by atoms with E-state index in [-0.39, 0.29) is 6.10 Å². The van der Waals surface area contributed by atoms with Gasteiger partial charge in [-0.3, -0.25) is 0 Å². The maximum atomic E-state index is 5.73. The number of aromatic nitrogens is 1. The van der Waals surface area contributed by atoms with Gasteiger partial charge in [0.1, 0.15) is 5.82 Å². The topological polar surface area (TPSA) is 57.4 Å². The normalized spacial score (nSPS) is 23.5. The summed E-state index contributed by atoms with van der Waals surface area (Å²) in [6.07, 6.45) is 3.81. The molecular formula is C12H18N2O2. The highest BCUT2D eigenvalue weighted by Gasteiger charge is 2.32. The molecule has 2 N–H and O–H groups in total. The summed E-state index contributed by atoms with van der Waals surface area (Å²) in [7, 11) is 0. The molecule has 2 rings (SSSR count). The van der Waals surface area contributed by atoms with E-state index < -0.39 is 5.79 Å². The minimum Gasteiger partial charge on any atom is -0.384 e. The van der Waals surface area contributed by atoms with E-state index in [0.29, 0.717) is 12.4 Å². The van der Waals surface area contributed by atoms with E-state index in [1.165, 1.54) is 5.56 Å². The molecule has 4 heteroatoms. The van der Waals surface area contributed by atoms with Gasteiger partial charge in [-0.05, 0) is 44.4 Å². The van der Waals surface area contributed by atoms with E-state index >= 15 is 0 Å². The lowest BCUT2D eigenvalue weighted by Gasteiger charge is -2.17. The molecule has 2 heterocycles. The highest BCUT2D eigenvalue weighted by atomic mass is 16.7. The Bertz CT molecular complexity index is 366. The zero-order valence-electron chi connectivity index (χ0n) is 9.77. The lowest BCUT2D eigenvalue weighted by Crippen LogP contribution is -2.21. The zero-order valence-corrected chi connectivity index (χ0v) is 9.77. The standard InChI is InChI=1S/C12H18N2O2/c1-12(2)15-8-10(16-12)4-3-9-5-6-14-11(13)7-9/h5-7,10H,3-4,8H2,1-2H3,(H2,13,14)/t10-/m1/s1. The van der Waals surface area contributed by atoms with Crippen molar-refractivity contribution in [2.24, 2.45) is 0 Å². The van der Waals surface area contributed by atoms with Crippen molar-refractivity contribution in [3.8, 4) is 0 Å². The van der Waals surface area contributed by atoms with Gasteiger partial charge in [-0.25, -0.2) is 4.98 Å². The van der Waals surface area contributed by atoms with Crippen LogP contribution in [-0.4, -0.2) is 23.5 Å². The van der Waals surface area contributed by atoms with Crippen molar-refractivity contribution < 1.29 is 9.47 Å². The molecule has 1 aliphatic heterocycles. The van der Waals surface area contributed by atoms with E-state index in [0.717, 1.165) is 12.8 Å². The van der Waals surface area contributed by atoms with Crippen molar-refractivity contribution in [1.29, 1.82) is 0 Å². The lowest BCUT2D eigenvalue weighted by atomic mass is 10.1. The van der Waals surface area contributed by atoms with Crippen LogP contribution in [0.3, 0.4) is 0 Å². The first-order valence-electron chi connectivity index (χ1n) is 5.57. The summed E-state index contributed by atoms with van der Waals surface area (Å²) >= 11 is 0. The number of pyridine rings is 1. The number of ether oxygens (including phenoxy) is 2. The van der Waals surface area contributed by atoms with E-state index in [9.17, 15) is 0 Å². The van der Waals surface area contributed by atoms with Crippen LogP contribution in [0.4, 0.5) is 5.82 Å². The fraction of sp³-hybridized carbons (Fsp3) is 0.583. The molecule has 16 heavy (non-hydrogen) atoms. The number of nitrogens with two attached hydrogens (primary N) is 1. The van der Waals surface area contributed by atoms with Crippen LogP contribution >= 0.6 is 0 Å². The van der Waals surface area contributed by atoms with E-state index in [1.807, 2.05) is 26.0 Å². The van der Waals surface area contributed by atoms with Crippen LogP contribution in [0.1, 0.15) is 25.8 Å². The first-order valence-corrected chi connectivity index (χ1v) is 5.57. The van der Waals surface area contributed by atoms with Crippen molar-refractivity contribution in [3.05, 3.63) is 23.9 Å². The number of hydrogen-bond acceptors (Lipinski definition) is 4. The Balaban J connectivity index is 1.84. The molecule has 1 aliphatic rings. The molecule has 88 valence electrons. The Labute approximate surface area is 95.8 Å². The van der Waals surface area contributed by atoms with Crippen molar-refractivity contribution in [1.82, 2.24) is 4.98 Å². The molecule has 0 aromatic carbocycles. The summed E-state index contributed by atoms with van der Waals surface area (Å²) in [5, 5.41) is 0. The Morgan fingerprint density at radius 3 is 3.00 bits per heavy atom. The van der Waals surface area contributed by atoms with Crippen LogP contribution in [0.2, 0.25) is 0 Å². The quantitative estimate of drug-likeness (QED) is 0.846. The van der Waals surface area contributed by atoms with Crippen molar-refractivity contribution in [2.75, 3.05) is 12.3 Å². The predicted octanol–water partition coefficient (Wildman–Crippen LogP) is 1.75. The van der Waals surface area contributed by atoms with Gasteiger partial charge in [0.05, 0.1) is 12.7 Å². The van der Waals surface area contributed by atoms with Gasteiger partial charge in [0.15, 0.2) is 5.79 Å². The number of nitrogens with zero attached hydrogens (tertiary/aromatic N) is 1. The summed E-state index contributed by atoms with van der Waals surface area (Å²) in [6.45, 7) is 4.56. The first kappa shape index (κ1) is 11.4. The molecule has 1 aromatic heterocycles. The third-order valence-corrected chi connectivity index (χ3v) is 2.67. The maximum Gasteiger partial charge on any atom is 0.163 e. The Morgan fingerprint density at radius 2 is 2.38 bits per heavy atom. The summed E-state index contributed by atoms with van der Waals surface area (Å²) in [5.41, 5.74) is 6.81. The SMILES string of the molecule is CC1(C)OC[C@@H](CCc2ccnc(N)c2)O1. The third kappa shape index (κ3) is 2.93. The highest BCUT2D eigenvalue weighted by molar-refractivity contribution is 5.31. The maximum absolute atomic E-state index is 5.73. The van der Waals surface area contributed by atoms with E-state index in [2.05, 4.69) is 4.98 Å².